The van der Waals surface area contributed by atoms with Crippen molar-refractivity contribution in [1.82, 2.24) is 0 Å². The summed E-state index contributed by atoms with van der Waals surface area (Å²) in [5.74, 6) is 0.490. The van der Waals surface area contributed by atoms with Crippen molar-refractivity contribution in [3.05, 3.63) is 11.8 Å². The number of hydrogen-bond acceptors (Lipinski definition) is 3. The molecule has 1 rings (SSSR count). The van der Waals surface area contributed by atoms with E-state index in [1.807, 2.05) is 6.92 Å². The number of rotatable bonds is 5. The molecular weight excluding hydrogens is 180 g/mol. The van der Waals surface area contributed by atoms with Crippen LogP contribution in [0, 0.1) is 5.92 Å². The summed E-state index contributed by atoms with van der Waals surface area (Å²) in [6.45, 7) is 3.40. The van der Waals surface area contributed by atoms with Gasteiger partial charge in [-0.2, -0.15) is 0 Å². The molecule has 14 heavy (non-hydrogen) atoms. The van der Waals surface area contributed by atoms with Crippen LogP contribution in [0.3, 0.4) is 0 Å². The fourth-order valence-electron chi connectivity index (χ4n) is 1.56. The average molecular weight is 198 g/mol. The molecule has 0 fully saturated rings. The SMILES string of the molecule is COCC(C)CC(=O)C1=COCCC1. The minimum Gasteiger partial charge on any atom is -0.501 e. The van der Waals surface area contributed by atoms with Crippen molar-refractivity contribution in [2.24, 2.45) is 5.92 Å². The first-order valence-electron chi connectivity index (χ1n) is 5.07. The highest BCUT2D eigenvalue weighted by Crippen LogP contribution is 2.16. The standard InChI is InChI=1S/C11H18O3/c1-9(7-13-2)6-11(12)10-4-3-5-14-8-10/h8-9H,3-7H2,1-2H3. The van der Waals surface area contributed by atoms with E-state index < -0.39 is 0 Å². The van der Waals surface area contributed by atoms with E-state index in [4.69, 9.17) is 9.47 Å². The van der Waals surface area contributed by atoms with Crippen molar-refractivity contribution in [2.75, 3.05) is 20.3 Å². The van der Waals surface area contributed by atoms with Crippen LogP contribution < -0.4 is 0 Å². The second kappa shape index (κ2) is 5.81. The van der Waals surface area contributed by atoms with Crippen LogP contribution in [-0.4, -0.2) is 26.1 Å². The Kier molecular flexibility index (Phi) is 4.66. The number of Topliss-reactive ketones (excluding diaryl/α,β-unsaturated/α-hetero) is 1. The predicted octanol–water partition coefficient (Wildman–Crippen LogP) is 1.92. The molecule has 0 aromatic carbocycles. The molecule has 3 heteroatoms. The van der Waals surface area contributed by atoms with Crippen molar-refractivity contribution in [2.45, 2.75) is 26.2 Å². The van der Waals surface area contributed by atoms with Gasteiger partial charge in [-0.3, -0.25) is 4.79 Å². The van der Waals surface area contributed by atoms with E-state index in [2.05, 4.69) is 0 Å². The van der Waals surface area contributed by atoms with Gasteiger partial charge >= 0.3 is 0 Å². The zero-order valence-corrected chi connectivity index (χ0v) is 8.91. The summed E-state index contributed by atoms with van der Waals surface area (Å²) in [4.78, 5) is 11.7. The number of methoxy groups -OCH3 is 1. The van der Waals surface area contributed by atoms with Gasteiger partial charge in [0.25, 0.3) is 0 Å². The number of allylic oxidation sites excluding steroid dienone is 1. The average Bonchev–Trinajstić information content (AvgIpc) is 2.19. The summed E-state index contributed by atoms with van der Waals surface area (Å²) < 4.78 is 10.1. The summed E-state index contributed by atoms with van der Waals surface area (Å²) in [7, 11) is 1.66. The number of carbonyl (C=O) groups excluding carboxylic acids is 1. The second-order valence-corrected chi connectivity index (χ2v) is 3.81. The maximum atomic E-state index is 11.7. The molecule has 0 saturated carbocycles. The molecule has 0 amide bonds. The first-order chi connectivity index (χ1) is 6.74. The Bertz CT molecular complexity index is 221. The highest BCUT2D eigenvalue weighted by molar-refractivity contribution is 5.95. The van der Waals surface area contributed by atoms with Crippen LogP contribution in [0.25, 0.3) is 0 Å². The molecule has 0 saturated heterocycles. The van der Waals surface area contributed by atoms with Gasteiger partial charge in [-0.25, -0.2) is 0 Å². The van der Waals surface area contributed by atoms with E-state index in [1.54, 1.807) is 13.4 Å². The third-order valence-corrected chi connectivity index (χ3v) is 2.28. The molecular formula is C11H18O3. The topological polar surface area (TPSA) is 35.5 Å². The Labute approximate surface area is 85.1 Å². The van der Waals surface area contributed by atoms with Gasteiger partial charge in [-0.15, -0.1) is 0 Å². The van der Waals surface area contributed by atoms with Gasteiger partial charge in [-0.1, -0.05) is 6.92 Å². The number of carbonyl (C=O) groups is 1. The molecule has 0 aromatic rings. The molecule has 1 aliphatic rings. The molecule has 0 radical (unpaired) electrons. The van der Waals surface area contributed by atoms with Gasteiger partial charge in [-0.05, 0) is 18.8 Å². The molecule has 3 nitrogen and oxygen atoms in total. The lowest BCUT2D eigenvalue weighted by atomic mass is 9.98. The number of ketones is 1. The number of hydrogen-bond donors (Lipinski definition) is 0. The Morgan fingerprint density at radius 3 is 3.07 bits per heavy atom. The Balaban J connectivity index is 2.37. The Morgan fingerprint density at radius 1 is 1.71 bits per heavy atom. The lowest BCUT2D eigenvalue weighted by Crippen LogP contribution is -2.14. The summed E-state index contributed by atoms with van der Waals surface area (Å²) in [6, 6.07) is 0. The van der Waals surface area contributed by atoms with E-state index >= 15 is 0 Å². The maximum Gasteiger partial charge on any atom is 0.162 e. The van der Waals surface area contributed by atoms with Crippen LogP contribution in [0.2, 0.25) is 0 Å². The molecule has 0 aliphatic carbocycles. The van der Waals surface area contributed by atoms with Crippen LogP contribution >= 0.6 is 0 Å². The first kappa shape index (κ1) is 11.2. The predicted molar refractivity (Wildman–Crippen MR) is 53.9 cm³/mol. The summed E-state index contributed by atoms with van der Waals surface area (Å²) in [5.41, 5.74) is 0.833. The largest absolute Gasteiger partial charge is 0.501 e. The molecule has 0 aromatic heterocycles. The van der Waals surface area contributed by atoms with Crippen LogP contribution in [0.1, 0.15) is 26.2 Å². The molecule has 1 atom stereocenters. The molecule has 0 bridgehead atoms. The van der Waals surface area contributed by atoms with E-state index in [1.165, 1.54) is 0 Å². The van der Waals surface area contributed by atoms with E-state index in [0.29, 0.717) is 13.0 Å². The number of ether oxygens (including phenoxy) is 2. The van der Waals surface area contributed by atoms with Crippen molar-refractivity contribution >= 4 is 5.78 Å². The zero-order valence-electron chi connectivity index (χ0n) is 8.91. The van der Waals surface area contributed by atoms with Crippen LogP contribution in [0.5, 0.6) is 0 Å². The maximum absolute atomic E-state index is 11.7. The van der Waals surface area contributed by atoms with E-state index in [0.717, 1.165) is 25.0 Å². The minimum absolute atomic E-state index is 0.203. The fraction of sp³-hybridized carbons (Fsp3) is 0.727. The van der Waals surface area contributed by atoms with Crippen molar-refractivity contribution in [1.29, 1.82) is 0 Å². The third-order valence-electron chi connectivity index (χ3n) is 2.28. The molecule has 80 valence electrons. The van der Waals surface area contributed by atoms with Gasteiger partial charge in [0.15, 0.2) is 5.78 Å². The van der Waals surface area contributed by atoms with Crippen LogP contribution in [-0.2, 0) is 14.3 Å². The second-order valence-electron chi connectivity index (χ2n) is 3.81. The first-order valence-corrected chi connectivity index (χ1v) is 5.07. The van der Waals surface area contributed by atoms with E-state index in [9.17, 15) is 4.79 Å². The molecule has 1 unspecified atom stereocenters. The smallest absolute Gasteiger partial charge is 0.162 e. The van der Waals surface area contributed by atoms with Gasteiger partial charge in [0, 0.05) is 25.7 Å². The van der Waals surface area contributed by atoms with Gasteiger partial charge in [0.2, 0.25) is 0 Å². The normalized spacial score (nSPS) is 18.3. The molecule has 1 heterocycles. The molecule has 1 aliphatic heterocycles. The Morgan fingerprint density at radius 2 is 2.50 bits per heavy atom. The highest BCUT2D eigenvalue weighted by Gasteiger charge is 2.15. The summed E-state index contributed by atoms with van der Waals surface area (Å²) in [6.07, 6.45) is 3.99. The van der Waals surface area contributed by atoms with Crippen molar-refractivity contribution < 1.29 is 14.3 Å². The summed E-state index contributed by atoms with van der Waals surface area (Å²) in [5, 5.41) is 0. The van der Waals surface area contributed by atoms with Crippen LogP contribution in [0.4, 0.5) is 0 Å². The van der Waals surface area contributed by atoms with Gasteiger partial charge in [0.1, 0.15) is 0 Å². The third kappa shape index (κ3) is 3.50. The Hall–Kier alpha value is -0.830. The van der Waals surface area contributed by atoms with Crippen molar-refractivity contribution in [3.63, 3.8) is 0 Å². The van der Waals surface area contributed by atoms with Crippen molar-refractivity contribution in [3.8, 4) is 0 Å². The van der Waals surface area contributed by atoms with Gasteiger partial charge in [0.05, 0.1) is 12.9 Å². The lowest BCUT2D eigenvalue weighted by molar-refractivity contribution is -0.117. The summed E-state index contributed by atoms with van der Waals surface area (Å²) >= 11 is 0. The van der Waals surface area contributed by atoms with Gasteiger partial charge < -0.3 is 9.47 Å². The zero-order chi connectivity index (χ0) is 10.4. The molecule has 0 spiro atoms. The van der Waals surface area contributed by atoms with Crippen LogP contribution in [0.15, 0.2) is 11.8 Å². The van der Waals surface area contributed by atoms with E-state index in [-0.39, 0.29) is 11.7 Å². The monoisotopic (exact) mass is 198 g/mol. The lowest BCUT2D eigenvalue weighted by Gasteiger charge is -2.14. The quantitative estimate of drug-likeness (QED) is 0.677. The fourth-order valence-corrected chi connectivity index (χ4v) is 1.56. The highest BCUT2D eigenvalue weighted by atomic mass is 16.5. The molecule has 0 N–H and O–H groups in total. The minimum atomic E-state index is 0.203.